The van der Waals surface area contributed by atoms with Gasteiger partial charge in [0.1, 0.15) is 11.6 Å². The number of ketones is 1. The molecule has 1 aliphatic heterocycles. The third-order valence-corrected chi connectivity index (χ3v) is 3.01. The van der Waals surface area contributed by atoms with Crippen LogP contribution in [0.5, 0.6) is 0 Å². The molecule has 1 aromatic heterocycles. The van der Waals surface area contributed by atoms with Gasteiger partial charge in [0.25, 0.3) is 0 Å². The number of nitrogens with zero attached hydrogens (tertiary/aromatic N) is 3. The van der Waals surface area contributed by atoms with Crippen LogP contribution in [-0.4, -0.2) is 47.8 Å². The summed E-state index contributed by atoms with van der Waals surface area (Å²) in [6, 6.07) is 5.80. The molecule has 0 bridgehead atoms. The molecular weight excluding hydrogens is 230 g/mol. The van der Waals surface area contributed by atoms with E-state index in [-0.39, 0.29) is 18.1 Å². The van der Waals surface area contributed by atoms with Crippen molar-refractivity contribution in [1.29, 1.82) is 0 Å². The van der Waals surface area contributed by atoms with Crippen molar-refractivity contribution in [3.8, 4) is 0 Å². The van der Waals surface area contributed by atoms with Crippen LogP contribution in [0.15, 0.2) is 24.4 Å². The second-order valence-electron chi connectivity index (χ2n) is 4.43. The Labute approximate surface area is 106 Å². The molecule has 5 nitrogen and oxygen atoms in total. The second kappa shape index (κ2) is 5.62. The first kappa shape index (κ1) is 12.5. The van der Waals surface area contributed by atoms with E-state index in [4.69, 9.17) is 0 Å². The highest BCUT2D eigenvalue weighted by Gasteiger charge is 2.22. The molecule has 1 aromatic rings. The molecule has 0 aromatic carbocycles. The van der Waals surface area contributed by atoms with Crippen LogP contribution in [0.1, 0.15) is 13.3 Å². The van der Waals surface area contributed by atoms with E-state index in [0.29, 0.717) is 13.1 Å². The Morgan fingerprint density at radius 2 is 1.94 bits per heavy atom. The molecule has 96 valence electrons. The van der Waals surface area contributed by atoms with Crippen LogP contribution in [0, 0.1) is 0 Å². The minimum atomic E-state index is -0.0767. The first-order valence-electron chi connectivity index (χ1n) is 6.10. The molecule has 0 radical (unpaired) electrons. The number of pyridine rings is 1. The molecule has 1 aliphatic rings. The van der Waals surface area contributed by atoms with E-state index >= 15 is 0 Å². The maximum absolute atomic E-state index is 11.7. The van der Waals surface area contributed by atoms with Crippen molar-refractivity contribution in [2.24, 2.45) is 0 Å². The zero-order chi connectivity index (χ0) is 13.0. The van der Waals surface area contributed by atoms with E-state index in [0.717, 1.165) is 18.9 Å². The first-order valence-corrected chi connectivity index (χ1v) is 6.10. The quantitative estimate of drug-likeness (QED) is 0.738. The third kappa shape index (κ3) is 3.06. The molecule has 1 amide bonds. The van der Waals surface area contributed by atoms with Gasteiger partial charge in [0.2, 0.25) is 5.91 Å². The van der Waals surface area contributed by atoms with Crippen molar-refractivity contribution in [3.05, 3.63) is 24.4 Å². The highest BCUT2D eigenvalue weighted by molar-refractivity contribution is 5.96. The summed E-state index contributed by atoms with van der Waals surface area (Å²) in [5, 5.41) is 0. The summed E-state index contributed by atoms with van der Waals surface area (Å²) in [6.45, 7) is 4.29. The number of hydrogen-bond donors (Lipinski definition) is 0. The number of amides is 1. The van der Waals surface area contributed by atoms with E-state index in [1.165, 1.54) is 6.92 Å². The first-order chi connectivity index (χ1) is 8.66. The minimum Gasteiger partial charge on any atom is -0.353 e. The lowest BCUT2D eigenvalue weighted by atomic mass is 10.2. The highest BCUT2D eigenvalue weighted by Crippen LogP contribution is 2.12. The molecule has 0 unspecified atom stereocenters. The topological polar surface area (TPSA) is 53.5 Å². The predicted molar refractivity (Wildman–Crippen MR) is 68.3 cm³/mol. The van der Waals surface area contributed by atoms with E-state index in [1.807, 2.05) is 18.2 Å². The number of rotatable bonds is 3. The van der Waals surface area contributed by atoms with Gasteiger partial charge >= 0.3 is 0 Å². The fourth-order valence-corrected chi connectivity index (χ4v) is 2.05. The minimum absolute atomic E-state index is 0.0174. The monoisotopic (exact) mass is 247 g/mol. The molecule has 0 spiro atoms. The molecule has 0 atom stereocenters. The molecule has 1 saturated heterocycles. The van der Waals surface area contributed by atoms with E-state index in [9.17, 15) is 9.59 Å². The van der Waals surface area contributed by atoms with Crippen molar-refractivity contribution in [1.82, 2.24) is 9.88 Å². The van der Waals surface area contributed by atoms with Crippen molar-refractivity contribution in [2.75, 3.05) is 31.1 Å². The molecule has 5 heteroatoms. The molecular formula is C13H17N3O2. The Balaban J connectivity index is 1.88. The van der Waals surface area contributed by atoms with Crippen LogP contribution >= 0.6 is 0 Å². The summed E-state index contributed by atoms with van der Waals surface area (Å²) in [7, 11) is 0. The van der Waals surface area contributed by atoms with Gasteiger partial charge in [-0.2, -0.15) is 0 Å². The molecule has 2 rings (SSSR count). The maximum atomic E-state index is 11.7. The van der Waals surface area contributed by atoms with E-state index in [1.54, 1.807) is 11.1 Å². The van der Waals surface area contributed by atoms with Crippen LogP contribution in [0.4, 0.5) is 5.82 Å². The van der Waals surface area contributed by atoms with Crippen LogP contribution in [0.3, 0.4) is 0 Å². The fraction of sp³-hybridized carbons (Fsp3) is 0.462. The lowest BCUT2D eigenvalue weighted by Gasteiger charge is -2.35. The molecule has 0 saturated carbocycles. The smallest absolute Gasteiger partial charge is 0.230 e. The van der Waals surface area contributed by atoms with Gasteiger partial charge in [-0.15, -0.1) is 0 Å². The predicted octanol–water partition coefficient (Wildman–Crippen LogP) is 0.709. The number of anilines is 1. The summed E-state index contributed by atoms with van der Waals surface area (Å²) in [4.78, 5) is 30.8. The maximum Gasteiger partial charge on any atom is 0.230 e. The standard InChI is InChI=1S/C13H17N3O2/c1-11(17)10-13(18)16-8-6-15(7-9-16)12-4-2-3-5-14-12/h2-5H,6-10H2,1H3. The Hall–Kier alpha value is -1.91. The van der Waals surface area contributed by atoms with Crippen LogP contribution < -0.4 is 4.90 Å². The van der Waals surface area contributed by atoms with Crippen molar-refractivity contribution >= 4 is 17.5 Å². The SMILES string of the molecule is CC(=O)CC(=O)N1CCN(c2ccccn2)CC1. The third-order valence-electron chi connectivity index (χ3n) is 3.01. The Morgan fingerprint density at radius 3 is 2.50 bits per heavy atom. The normalized spacial score (nSPS) is 15.6. The number of carbonyl (C=O) groups excluding carboxylic acids is 2. The van der Waals surface area contributed by atoms with Gasteiger partial charge in [0, 0.05) is 32.4 Å². The molecule has 18 heavy (non-hydrogen) atoms. The van der Waals surface area contributed by atoms with Gasteiger partial charge in [0.15, 0.2) is 0 Å². The molecule has 0 aliphatic carbocycles. The average Bonchev–Trinajstić information content (AvgIpc) is 2.39. The zero-order valence-electron chi connectivity index (χ0n) is 10.5. The highest BCUT2D eigenvalue weighted by atomic mass is 16.2. The molecule has 0 N–H and O–H groups in total. The van der Waals surface area contributed by atoms with E-state index in [2.05, 4.69) is 9.88 Å². The van der Waals surface area contributed by atoms with Gasteiger partial charge in [-0.05, 0) is 19.1 Å². The summed E-state index contributed by atoms with van der Waals surface area (Å²) < 4.78 is 0. The number of piperazine rings is 1. The van der Waals surface area contributed by atoms with Crippen molar-refractivity contribution in [3.63, 3.8) is 0 Å². The Kier molecular flexibility index (Phi) is 3.92. The fourth-order valence-electron chi connectivity index (χ4n) is 2.05. The largest absolute Gasteiger partial charge is 0.353 e. The number of carbonyl (C=O) groups is 2. The van der Waals surface area contributed by atoms with Gasteiger partial charge in [-0.1, -0.05) is 6.07 Å². The van der Waals surface area contributed by atoms with Crippen molar-refractivity contribution < 1.29 is 9.59 Å². The number of aromatic nitrogens is 1. The molecule has 2 heterocycles. The zero-order valence-corrected chi connectivity index (χ0v) is 10.5. The summed E-state index contributed by atoms with van der Waals surface area (Å²) in [5.74, 6) is 0.798. The van der Waals surface area contributed by atoms with Gasteiger partial charge in [-0.25, -0.2) is 4.98 Å². The number of Topliss-reactive ketones (excluding diaryl/α,β-unsaturated/α-hetero) is 1. The average molecular weight is 247 g/mol. The number of hydrogen-bond acceptors (Lipinski definition) is 4. The Morgan fingerprint density at radius 1 is 1.22 bits per heavy atom. The van der Waals surface area contributed by atoms with Crippen LogP contribution in [-0.2, 0) is 9.59 Å². The lowest BCUT2D eigenvalue weighted by molar-refractivity contribution is -0.135. The van der Waals surface area contributed by atoms with E-state index < -0.39 is 0 Å². The van der Waals surface area contributed by atoms with Crippen molar-refractivity contribution in [2.45, 2.75) is 13.3 Å². The van der Waals surface area contributed by atoms with Gasteiger partial charge < -0.3 is 9.80 Å². The lowest BCUT2D eigenvalue weighted by Crippen LogP contribution is -2.49. The van der Waals surface area contributed by atoms with Crippen LogP contribution in [0.25, 0.3) is 0 Å². The molecule has 1 fully saturated rings. The second-order valence-corrected chi connectivity index (χ2v) is 4.43. The Bertz CT molecular complexity index is 425. The van der Waals surface area contributed by atoms with Crippen LogP contribution in [0.2, 0.25) is 0 Å². The van der Waals surface area contributed by atoms with Gasteiger partial charge in [0.05, 0.1) is 6.42 Å². The summed E-state index contributed by atoms with van der Waals surface area (Å²) in [6.07, 6.45) is 1.78. The summed E-state index contributed by atoms with van der Waals surface area (Å²) in [5.41, 5.74) is 0. The van der Waals surface area contributed by atoms with Gasteiger partial charge in [-0.3, -0.25) is 9.59 Å². The summed E-state index contributed by atoms with van der Waals surface area (Å²) >= 11 is 0.